The molecular formula is C16H23N3O4. The number of hydrogen-bond acceptors (Lipinski definition) is 6. The monoisotopic (exact) mass is 321 g/mol. The molecule has 23 heavy (non-hydrogen) atoms. The van der Waals surface area contributed by atoms with E-state index in [1.807, 2.05) is 13.8 Å². The predicted octanol–water partition coefficient (Wildman–Crippen LogP) is 1.70. The highest BCUT2D eigenvalue weighted by molar-refractivity contribution is 5.96. The van der Waals surface area contributed by atoms with Crippen molar-refractivity contribution in [3.8, 4) is 0 Å². The van der Waals surface area contributed by atoms with Gasteiger partial charge in [0.2, 0.25) is 0 Å². The third kappa shape index (κ3) is 4.05. The summed E-state index contributed by atoms with van der Waals surface area (Å²) in [5.74, 6) is -0.330. The highest BCUT2D eigenvalue weighted by Gasteiger charge is 2.15. The zero-order valence-electron chi connectivity index (χ0n) is 13.8. The third-order valence-electron chi connectivity index (χ3n) is 3.64. The standard InChI is InChI=1S/C12H15N3O2.C4H8O2/c1-4-15-11-9(7-14-15)8(3)10(6-13-11)12(16)17-5-2;5-4-1-2-6-3-4/h6-7H,4-5H2,1-3H3;4-5H,1-3H2/t;4-/m.0/s1. The molecule has 0 aromatic carbocycles. The zero-order valence-corrected chi connectivity index (χ0v) is 13.8. The van der Waals surface area contributed by atoms with Crippen molar-refractivity contribution in [3.05, 3.63) is 23.5 Å². The van der Waals surface area contributed by atoms with E-state index in [2.05, 4.69) is 10.1 Å². The van der Waals surface area contributed by atoms with Crippen molar-refractivity contribution in [2.75, 3.05) is 19.8 Å². The van der Waals surface area contributed by atoms with Crippen LogP contribution in [0.2, 0.25) is 0 Å². The lowest BCUT2D eigenvalue weighted by Crippen LogP contribution is -2.08. The van der Waals surface area contributed by atoms with Crippen LogP contribution in [0.4, 0.5) is 0 Å². The van der Waals surface area contributed by atoms with Crippen LogP contribution in [0.25, 0.3) is 11.0 Å². The lowest BCUT2D eigenvalue weighted by Gasteiger charge is -2.06. The maximum Gasteiger partial charge on any atom is 0.339 e. The predicted molar refractivity (Wildman–Crippen MR) is 85.3 cm³/mol. The topological polar surface area (TPSA) is 86.5 Å². The van der Waals surface area contributed by atoms with Gasteiger partial charge in [-0.3, -0.25) is 0 Å². The number of nitrogens with zero attached hydrogens (tertiary/aromatic N) is 3. The Labute approximate surface area is 135 Å². The van der Waals surface area contributed by atoms with Gasteiger partial charge in [0.15, 0.2) is 5.65 Å². The number of aliphatic hydroxyl groups excluding tert-OH is 1. The van der Waals surface area contributed by atoms with E-state index in [0.717, 1.165) is 36.2 Å². The Morgan fingerprint density at radius 2 is 2.26 bits per heavy atom. The third-order valence-corrected chi connectivity index (χ3v) is 3.64. The molecule has 3 heterocycles. The molecule has 2 aromatic heterocycles. The van der Waals surface area contributed by atoms with Crippen LogP contribution < -0.4 is 0 Å². The first-order chi connectivity index (χ1) is 11.1. The van der Waals surface area contributed by atoms with E-state index < -0.39 is 0 Å². The average molecular weight is 321 g/mol. The summed E-state index contributed by atoms with van der Waals surface area (Å²) in [6, 6.07) is 0. The molecule has 126 valence electrons. The molecule has 2 aromatic rings. The number of esters is 1. The largest absolute Gasteiger partial charge is 0.462 e. The minimum absolute atomic E-state index is 0.176. The molecule has 0 radical (unpaired) electrons. The van der Waals surface area contributed by atoms with Crippen LogP contribution in [0, 0.1) is 6.92 Å². The summed E-state index contributed by atoms with van der Waals surface area (Å²) < 4.78 is 11.6. The zero-order chi connectivity index (χ0) is 16.8. The SMILES string of the molecule is CCOC(=O)c1cnc2c(cnn2CC)c1C.O[C@H]1CCOC1. The number of hydrogen-bond donors (Lipinski definition) is 1. The van der Waals surface area contributed by atoms with Gasteiger partial charge in [0.25, 0.3) is 0 Å². The van der Waals surface area contributed by atoms with Crippen LogP contribution in [-0.4, -0.2) is 51.8 Å². The molecule has 3 rings (SSSR count). The number of carbonyl (C=O) groups excluding carboxylic acids is 1. The van der Waals surface area contributed by atoms with E-state index in [4.69, 9.17) is 14.6 Å². The van der Waals surface area contributed by atoms with Crippen molar-refractivity contribution in [3.63, 3.8) is 0 Å². The number of rotatable bonds is 3. The molecule has 0 saturated carbocycles. The van der Waals surface area contributed by atoms with Gasteiger partial charge in [-0.25, -0.2) is 14.5 Å². The van der Waals surface area contributed by atoms with Crippen molar-refractivity contribution >= 4 is 17.0 Å². The van der Waals surface area contributed by atoms with E-state index in [-0.39, 0.29) is 12.1 Å². The molecule has 0 bridgehead atoms. The number of aliphatic hydroxyl groups is 1. The van der Waals surface area contributed by atoms with Crippen molar-refractivity contribution in [1.29, 1.82) is 0 Å². The molecule has 0 spiro atoms. The van der Waals surface area contributed by atoms with Gasteiger partial charge < -0.3 is 14.6 Å². The molecule has 1 aliphatic rings. The minimum atomic E-state index is -0.330. The van der Waals surface area contributed by atoms with Gasteiger partial charge in [0.1, 0.15) is 0 Å². The normalized spacial score (nSPS) is 17.0. The Bertz CT molecular complexity index is 663. The first-order valence-corrected chi connectivity index (χ1v) is 7.82. The lowest BCUT2D eigenvalue weighted by atomic mass is 10.1. The van der Waals surface area contributed by atoms with E-state index in [1.54, 1.807) is 24.0 Å². The van der Waals surface area contributed by atoms with Crippen molar-refractivity contribution in [1.82, 2.24) is 14.8 Å². The second-order valence-corrected chi connectivity index (χ2v) is 5.23. The summed E-state index contributed by atoms with van der Waals surface area (Å²) in [5, 5.41) is 13.7. The molecule has 1 aliphatic heterocycles. The molecule has 0 unspecified atom stereocenters. The summed E-state index contributed by atoms with van der Waals surface area (Å²) >= 11 is 0. The lowest BCUT2D eigenvalue weighted by molar-refractivity contribution is 0.0525. The maximum absolute atomic E-state index is 11.7. The van der Waals surface area contributed by atoms with Gasteiger partial charge in [-0.05, 0) is 32.8 Å². The average Bonchev–Trinajstić information content (AvgIpc) is 3.17. The summed E-state index contributed by atoms with van der Waals surface area (Å²) in [4.78, 5) is 16.0. The van der Waals surface area contributed by atoms with Crippen LogP contribution in [0.15, 0.2) is 12.4 Å². The highest BCUT2D eigenvalue weighted by Crippen LogP contribution is 2.20. The molecule has 0 amide bonds. The molecule has 1 atom stereocenters. The van der Waals surface area contributed by atoms with Crippen molar-refractivity contribution in [2.24, 2.45) is 0 Å². The smallest absolute Gasteiger partial charge is 0.339 e. The summed E-state index contributed by atoms with van der Waals surface area (Å²) in [7, 11) is 0. The maximum atomic E-state index is 11.7. The highest BCUT2D eigenvalue weighted by atomic mass is 16.5. The van der Waals surface area contributed by atoms with Crippen LogP contribution in [0.5, 0.6) is 0 Å². The molecular weight excluding hydrogens is 298 g/mol. The molecule has 0 aliphatic carbocycles. The Morgan fingerprint density at radius 1 is 1.48 bits per heavy atom. The van der Waals surface area contributed by atoms with Crippen molar-refractivity contribution in [2.45, 2.75) is 39.8 Å². The number of aromatic nitrogens is 3. The van der Waals surface area contributed by atoms with Crippen LogP contribution in [-0.2, 0) is 16.0 Å². The fourth-order valence-corrected chi connectivity index (χ4v) is 2.32. The molecule has 1 saturated heterocycles. The number of ether oxygens (including phenoxy) is 2. The van der Waals surface area contributed by atoms with Gasteiger partial charge in [0.05, 0.1) is 31.1 Å². The fraction of sp³-hybridized carbons (Fsp3) is 0.562. The summed E-state index contributed by atoms with van der Waals surface area (Å²) in [6.07, 6.45) is 3.94. The Morgan fingerprint density at radius 3 is 2.78 bits per heavy atom. The van der Waals surface area contributed by atoms with Gasteiger partial charge in [0, 0.05) is 24.7 Å². The molecule has 1 N–H and O–H groups in total. The Hall–Kier alpha value is -1.99. The fourth-order valence-electron chi connectivity index (χ4n) is 2.32. The molecule has 1 fully saturated rings. The first-order valence-electron chi connectivity index (χ1n) is 7.82. The van der Waals surface area contributed by atoms with Crippen LogP contribution in [0.1, 0.15) is 36.2 Å². The minimum Gasteiger partial charge on any atom is -0.462 e. The number of fused-ring (bicyclic) bond motifs is 1. The van der Waals surface area contributed by atoms with Crippen molar-refractivity contribution < 1.29 is 19.4 Å². The molecule has 7 nitrogen and oxygen atoms in total. The number of aryl methyl sites for hydroxylation is 2. The van der Waals surface area contributed by atoms with E-state index in [1.165, 1.54) is 0 Å². The van der Waals surface area contributed by atoms with E-state index in [0.29, 0.717) is 18.8 Å². The van der Waals surface area contributed by atoms with Gasteiger partial charge >= 0.3 is 5.97 Å². The van der Waals surface area contributed by atoms with Crippen LogP contribution >= 0.6 is 0 Å². The second kappa shape index (κ2) is 8.03. The number of pyridine rings is 1. The van der Waals surface area contributed by atoms with E-state index in [9.17, 15) is 4.79 Å². The van der Waals surface area contributed by atoms with Gasteiger partial charge in [-0.2, -0.15) is 5.10 Å². The summed E-state index contributed by atoms with van der Waals surface area (Å²) in [5.41, 5.74) is 2.18. The summed E-state index contributed by atoms with van der Waals surface area (Å²) in [6.45, 7) is 8.08. The Balaban J connectivity index is 0.000000268. The molecule has 7 heteroatoms. The van der Waals surface area contributed by atoms with Gasteiger partial charge in [-0.15, -0.1) is 0 Å². The number of carbonyl (C=O) groups is 1. The Kier molecular flexibility index (Phi) is 6.06. The first kappa shape index (κ1) is 17.4. The van der Waals surface area contributed by atoms with Crippen LogP contribution in [0.3, 0.4) is 0 Å². The van der Waals surface area contributed by atoms with Gasteiger partial charge in [-0.1, -0.05) is 0 Å². The second-order valence-electron chi connectivity index (χ2n) is 5.23. The quantitative estimate of drug-likeness (QED) is 0.866. The van der Waals surface area contributed by atoms with E-state index >= 15 is 0 Å².